The average Bonchev–Trinajstić information content (AvgIpc) is 2.41. The summed E-state index contributed by atoms with van der Waals surface area (Å²) in [6.45, 7) is 3.18. The molecule has 2 atom stereocenters. The summed E-state index contributed by atoms with van der Waals surface area (Å²) in [5.74, 6) is 0. The molecular weight excluding hydrogens is 234 g/mol. The third kappa shape index (κ3) is 7.94. The molecule has 2 unspecified atom stereocenters. The van der Waals surface area contributed by atoms with E-state index in [1.807, 2.05) is 0 Å². The van der Waals surface area contributed by atoms with Gasteiger partial charge in [0.05, 0.1) is 6.10 Å². The Hall–Kier alpha value is -0.0800. The van der Waals surface area contributed by atoms with Crippen molar-refractivity contribution in [1.82, 2.24) is 5.32 Å². The molecule has 2 heteroatoms. The Kier molecular flexibility index (Phi) is 10.5. The quantitative estimate of drug-likeness (QED) is 0.732. The zero-order valence-electron chi connectivity index (χ0n) is 13.3. The molecule has 19 heavy (non-hydrogen) atoms. The highest BCUT2D eigenvalue weighted by Gasteiger charge is 2.20. The van der Waals surface area contributed by atoms with Gasteiger partial charge < -0.3 is 10.1 Å². The van der Waals surface area contributed by atoms with Gasteiger partial charge in [-0.05, 0) is 26.3 Å². The molecule has 0 aromatic rings. The third-order valence-corrected chi connectivity index (χ3v) is 4.40. The maximum Gasteiger partial charge on any atom is 0.0727 e. The van der Waals surface area contributed by atoms with Gasteiger partial charge in [-0.3, -0.25) is 0 Å². The van der Waals surface area contributed by atoms with Crippen molar-refractivity contribution >= 4 is 0 Å². The van der Waals surface area contributed by atoms with Crippen LogP contribution in [0.15, 0.2) is 0 Å². The second-order valence-corrected chi connectivity index (χ2v) is 6.06. The zero-order chi connectivity index (χ0) is 13.8. The lowest BCUT2D eigenvalue weighted by Gasteiger charge is -2.28. The van der Waals surface area contributed by atoms with Crippen molar-refractivity contribution in [2.75, 3.05) is 13.7 Å². The van der Waals surface area contributed by atoms with Crippen molar-refractivity contribution < 1.29 is 4.74 Å². The number of likely N-dealkylation sites (N-methyl/N-ethyl adjacent to an activating group) is 1. The molecule has 0 saturated heterocycles. The maximum absolute atomic E-state index is 6.17. The molecule has 1 aliphatic carbocycles. The van der Waals surface area contributed by atoms with Gasteiger partial charge in [-0.15, -0.1) is 0 Å². The lowest BCUT2D eigenvalue weighted by atomic mass is 9.96. The number of hydrogen-bond donors (Lipinski definition) is 1. The van der Waals surface area contributed by atoms with Crippen LogP contribution in [0.25, 0.3) is 0 Å². The molecule has 1 rings (SSSR count). The molecule has 0 bridgehead atoms. The van der Waals surface area contributed by atoms with Crippen LogP contribution < -0.4 is 5.32 Å². The van der Waals surface area contributed by atoms with E-state index >= 15 is 0 Å². The van der Waals surface area contributed by atoms with E-state index in [4.69, 9.17) is 4.74 Å². The van der Waals surface area contributed by atoms with Crippen molar-refractivity contribution in [3.63, 3.8) is 0 Å². The maximum atomic E-state index is 6.17. The minimum absolute atomic E-state index is 0.441. The fourth-order valence-electron chi connectivity index (χ4n) is 3.07. The van der Waals surface area contributed by atoms with Gasteiger partial charge in [-0.25, -0.2) is 0 Å². The SMILES string of the molecule is CCCCOC1CCCCCCCCCCC1NC. The molecule has 1 N–H and O–H groups in total. The average molecular weight is 269 g/mol. The van der Waals surface area contributed by atoms with Crippen molar-refractivity contribution in [2.24, 2.45) is 0 Å². The molecule has 0 spiro atoms. The Bertz CT molecular complexity index is 196. The molecule has 0 aromatic carbocycles. The molecule has 0 radical (unpaired) electrons. The Morgan fingerprint density at radius 1 is 0.895 bits per heavy atom. The van der Waals surface area contributed by atoms with E-state index < -0.39 is 0 Å². The molecule has 1 saturated carbocycles. The highest BCUT2D eigenvalue weighted by Crippen LogP contribution is 2.19. The summed E-state index contributed by atoms with van der Waals surface area (Å²) < 4.78 is 6.17. The highest BCUT2D eigenvalue weighted by atomic mass is 16.5. The first kappa shape index (κ1) is 17.0. The van der Waals surface area contributed by atoms with Crippen LogP contribution in [-0.2, 0) is 4.74 Å². The van der Waals surface area contributed by atoms with Crippen molar-refractivity contribution in [1.29, 1.82) is 0 Å². The molecule has 1 fully saturated rings. The van der Waals surface area contributed by atoms with Crippen LogP contribution in [0.5, 0.6) is 0 Å². The number of unbranched alkanes of at least 4 members (excludes halogenated alkanes) is 1. The summed E-state index contributed by atoms with van der Waals surface area (Å²) in [7, 11) is 2.10. The van der Waals surface area contributed by atoms with Crippen molar-refractivity contribution in [3.8, 4) is 0 Å². The van der Waals surface area contributed by atoms with Crippen LogP contribution in [-0.4, -0.2) is 25.8 Å². The normalized spacial score (nSPS) is 27.5. The molecule has 0 aliphatic heterocycles. The van der Waals surface area contributed by atoms with E-state index in [0.29, 0.717) is 12.1 Å². The summed E-state index contributed by atoms with van der Waals surface area (Å²) in [5, 5.41) is 3.51. The van der Waals surface area contributed by atoms with Crippen LogP contribution in [0.3, 0.4) is 0 Å². The zero-order valence-corrected chi connectivity index (χ0v) is 13.3. The predicted octanol–water partition coefficient (Wildman–Crippen LogP) is 4.67. The fourth-order valence-corrected chi connectivity index (χ4v) is 3.07. The molecule has 1 aliphatic rings. The number of hydrogen-bond acceptors (Lipinski definition) is 2. The second kappa shape index (κ2) is 11.7. The Morgan fingerprint density at radius 2 is 1.47 bits per heavy atom. The summed E-state index contributed by atoms with van der Waals surface area (Å²) in [6.07, 6.45) is 16.6. The van der Waals surface area contributed by atoms with Crippen LogP contribution in [0.1, 0.15) is 84.0 Å². The van der Waals surface area contributed by atoms with E-state index in [0.717, 1.165) is 6.61 Å². The lowest BCUT2D eigenvalue weighted by molar-refractivity contribution is 0.0165. The van der Waals surface area contributed by atoms with Crippen LogP contribution in [0.2, 0.25) is 0 Å². The summed E-state index contributed by atoms with van der Waals surface area (Å²) >= 11 is 0. The molecule has 2 nitrogen and oxygen atoms in total. The predicted molar refractivity (Wildman–Crippen MR) is 83.7 cm³/mol. The fraction of sp³-hybridized carbons (Fsp3) is 1.00. The van der Waals surface area contributed by atoms with Gasteiger partial charge in [0.25, 0.3) is 0 Å². The summed E-state index contributed by atoms with van der Waals surface area (Å²) in [4.78, 5) is 0. The van der Waals surface area contributed by atoms with Crippen LogP contribution >= 0.6 is 0 Å². The van der Waals surface area contributed by atoms with Gasteiger partial charge in [0, 0.05) is 12.6 Å². The van der Waals surface area contributed by atoms with E-state index in [1.54, 1.807) is 0 Å². The Balaban J connectivity index is 2.41. The van der Waals surface area contributed by atoms with Crippen LogP contribution in [0, 0.1) is 0 Å². The van der Waals surface area contributed by atoms with Crippen molar-refractivity contribution in [3.05, 3.63) is 0 Å². The number of rotatable bonds is 5. The minimum Gasteiger partial charge on any atom is -0.377 e. The first-order valence-corrected chi connectivity index (χ1v) is 8.67. The van der Waals surface area contributed by atoms with Gasteiger partial charge >= 0.3 is 0 Å². The van der Waals surface area contributed by atoms with E-state index in [9.17, 15) is 0 Å². The van der Waals surface area contributed by atoms with Crippen molar-refractivity contribution in [2.45, 2.75) is 96.1 Å². The first-order chi connectivity index (χ1) is 9.38. The largest absolute Gasteiger partial charge is 0.377 e. The molecule has 0 amide bonds. The minimum atomic E-state index is 0.441. The van der Waals surface area contributed by atoms with Gasteiger partial charge in [0.1, 0.15) is 0 Å². The van der Waals surface area contributed by atoms with Crippen LogP contribution in [0.4, 0.5) is 0 Å². The van der Waals surface area contributed by atoms with E-state index in [1.165, 1.54) is 77.0 Å². The molecular formula is C17H35NO. The summed E-state index contributed by atoms with van der Waals surface area (Å²) in [5.41, 5.74) is 0. The van der Waals surface area contributed by atoms with Gasteiger partial charge in [0.2, 0.25) is 0 Å². The smallest absolute Gasteiger partial charge is 0.0727 e. The molecule has 114 valence electrons. The standard InChI is InChI=1S/C17H35NO/c1-3-4-15-19-17-14-12-10-8-6-5-7-9-11-13-16(17)18-2/h16-18H,3-15H2,1-2H3. The number of nitrogens with one attached hydrogen (secondary N) is 1. The molecule has 0 aromatic heterocycles. The highest BCUT2D eigenvalue weighted by molar-refractivity contribution is 4.76. The molecule has 0 heterocycles. The van der Waals surface area contributed by atoms with Gasteiger partial charge in [-0.2, -0.15) is 0 Å². The Morgan fingerprint density at radius 3 is 2.05 bits per heavy atom. The summed E-state index contributed by atoms with van der Waals surface area (Å²) in [6, 6.07) is 0.566. The van der Waals surface area contributed by atoms with Gasteiger partial charge in [-0.1, -0.05) is 64.7 Å². The first-order valence-electron chi connectivity index (χ1n) is 8.67. The lowest BCUT2D eigenvalue weighted by Crippen LogP contribution is -2.39. The number of ether oxygens (including phenoxy) is 1. The van der Waals surface area contributed by atoms with Gasteiger partial charge in [0.15, 0.2) is 0 Å². The topological polar surface area (TPSA) is 21.3 Å². The third-order valence-electron chi connectivity index (χ3n) is 4.40. The monoisotopic (exact) mass is 269 g/mol. The Labute approximate surface area is 120 Å². The van der Waals surface area contributed by atoms with E-state index in [-0.39, 0.29) is 0 Å². The van der Waals surface area contributed by atoms with E-state index in [2.05, 4.69) is 19.3 Å². The second-order valence-electron chi connectivity index (χ2n) is 6.06.